The summed E-state index contributed by atoms with van der Waals surface area (Å²) in [6.07, 6.45) is 2.43. The topological polar surface area (TPSA) is 60.0 Å². The molecule has 138 valence electrons. The third-order valence-corrected chi connectivity index (χ3v) is 4.42. The predicted molar refractivity (Wildman–Crippen MR) is 104 cm³/mol. The highest BCUT2D eigenvalue weighted by molar-refractivity contribution is 5.92. The maximum Gasteiger partial charge on any atom is 0.238 e. The molecule has 1 amide bonds. The van der Waals surface area contributed by atoms with E-state index in [0.29, 0.717) is 13.1 Å². The van der Waals surface area contributed by atoms with Crippen molar-refractivity contribution in [2.75, 3.05) is 46.1 Å². The van der Waals surface area contributed by atoms with E-state index in [0.717, 1.165) is 36.2 Å². The second-order valence-corrected chi connectivity index (χ2v) is 7.06. The summed E-state index contributed by atoms with van der Waals surface area (Å²) in [5, 5.41) is 6.37. The zero-order valence-corrected chi connectivity index (χ0v) is 15.9. The lowest BCUT2D eigenvalue weighted by molar-refractivity contribution is -0.116. The first-order valence-electron chi connectivity index (χ1n) is 8.97. The third-order valence-electron chi connectivity index (χ3n) is 4.42. The maximum absolute atomic E-state index is 11.9. The molecule has 2 rings (SSSR count). The number of hydrogen-bond donors (Lipinski definition) is 2. The Kier molecular flexibility index (Phi) is 7.25. The molecule has 0 aromatic heterocycles. The minimum Gasteiger partial charge on any atom is -0.352 e. The number of nitrogens with zero attached hydrogens (tertiary/aromatic N) is 3. The average molecular weight is 345 g/mol. The fourth-order valence-electron chi connectivity index (χ4n) is 2.98. The maximum atomic E-state index is 11.9. The van der Waals surface area contributed by atoms with Crippen LogP contribution in [0.3, 0.4) is 0 Å². The van der Waals surface area contributed by atoms with Crippen molar-refractivity contribution in [3.8, 4) is 0 Å². The Bertz CT molecular complexity index is 591. The molecule has 1 aromatic rings. The Morgan fingerprint density at radius 3 is 2.68 bits per heavy atom. The van der Waals surface area contributed by atoms with Gasteiger partial charge in [0, 0.05) is 32.4 Å². The molecular weight excluding hydrogens is 314 g/mol. The van der Waals surface area contributed by atoms with Gasteiger partial charge in [0.05, 0.1) is 6.54 Å². The first-order valence-corrected chi connectivity index (χ1v) is 8.97. The summed E-state index contributed by atoms with van der Waals surface area (Å²) < 4.78 is 0. The van der Waals surface area contributed by atoms with Gasteiger partial charge in [-0.3, -0.25) is 9.79 Å². The van der Waals surface area contributed by atoms with Crippen LogP contribution in [0.2, 0.25) is 0 Å². The summed E-state index contributed by atoms with van der Waals surface area (Å²) in [7, 11) is 5.60. The van der Waals surface area contributed by atoms with E-state index in [1.54, 1.807) is 0 Å². The number of likely N-dealkylation sites (tertiary alicyclic amines) is 1. The van der Waals surface area contributed by atoms with Gasteiger partial charge in [0.15, 0.2) is 5.96 Å². The molecule has 1 aliphatic heterocycles. The lowest BCUT2D eigenvalue weighted by Gasteiger charge is -2.33. The highest BCUT2D eigenvalue weighted by Crippen LogP contribution is 2.16. The number of aliphatic imine (C=N–C) groups is 1. The Labute approximate surface area is 151 Å². The summed E-state index contributed by atoms with van der Waals surface area (Å²) in [5.74, 6) is 1.75. The molecule has 0 spiro atoms. The normalized spacial score (nSPS) is 16.2. The molecule has 1 fully saturated rings. The summed E-state index contributed by atoms with van der Waals surface area (Å²) in [6, 6.07) is 7.94. The molecule has 1 aromatic carbocycles. The van der Waals surface area contributed by atoms with Crippen LogP contribution in [-0.4, -0.2) is 62.4 Å². The zero-order chi connectivity index (χ0) is 18.2. The Hall–Kier alpha value is -2.08. The van der Waals surface area contributed by atoms with Crippen molar-refractivity contribution in [2.45, 2.75) is 26.3 Å². The van der Waals surface area contributed by atoms with Gasteiger partial charge in [-0.15, -0.1) is 0 Å². The summed E-state index contributed by atoms with van der Waals surface area (Å²) in [4.78, 5) is 20.5. The highest BCUT2D eigenvalue weighted by atomic mass is 16.2. The van der Waals surface area contributed by atoms with E-state index in [9.17, 15) is 4.79 Å². The first kappa shape index (κ1) is 19.2. The number of likely N-dealkylation sites (N-methyl/N-ethyl adjacent to an activating group) is 1. The zero-order valence-electron chi connectivity index (χ0n) is 15.9. The molecule has 0 atom stereocenters. The van der Waals surface area contributed by atoms with Gasteiger partial charge >= 0.3 is 0 Å². The van der Waals surface area contributed by atoms with E-state index < -0.39 is 0 Å². The van der Waals surface area contributed by atoms with E-state index in [1.807, 2.05) is 44.2 Å². The molecule has 0 unspecified atom stereocenters. The molecule has 2 N–H and O–H groups in total. The second kappa shape index (κ2) is 9.42. The number of anilines is 1. The van der Waals surface area contributed by atoms with Crippen LogP contribution in [0, 0.1) is 5.92 Å². The number of hydrogen-bond acceptors (Lipinski definition) is 3. The van der Waals surface area contributed by atoms with Gasteiger partial charge in [-0.25, -0.2) is 0 Å². The van der Waals surface area contributed by atoms with Gasteiger partial charge in [0.2, 0.25) is 5.91 Å². The van der Waals surface area contributed by atoms with Crippen LogP contribution >= 0.6 is 0 Å². The number of guanidine groups is 1. The van der Waals surface area contributed by atoms with Crippen molar-refractivity contribution in [1.82, 2.24) is 15.1 Å². The fourth-order valence-corrected chi connectivity index (χ4v) is 2.98. The van der Waals surface area contributed by atoms with Gasteiger partial charge in [0.25, 0.3) is 0 Å². The lowest BCUT2D eigenvalue weighted by atomic mass is 9.99. The number of benzene rings is 1. The molecular formula is C19H31N5O. The number of rotatable bonds is 5. The van der Waals surface area contributed by atoms with Crippen molar-refractivity contribution >= 4 is 17.6 Å². The largest absolute Gasteiger partial charge is 0.352 e. The molecule has 1 heterocycles. The third kappa shape index (κ3) is 6.38. The van der Waals surface area contributed by atoms with E-state index in [4.69, 9.17) is 0 Å². The predicted octanol–water partition coefficient (Wildman–Crippen LogP) is 1.99. The molecule has 1 saturated heterocycles. The van der Waals surface area contributed by atoms with Crippen molar-refractivity contribution < 1.29 is 4.79 Å². The summed E-state index contributed by atoms with van der Waals surface area (Å²) in [5.41, 5.74) is 1.95. The van der Waals surface area contributed by atoms with Crippen molar-refractivity contribution in [3.05, 3.63) is 29.8 Å². The first-order chi connectivity index (χ1) is 12.0. The molecule has 0 saturated carbocycles. The highest BCUT2D eigenvalue weighted by Gasteiger charge is 2.18. The molecule has 6 heteroatoms. The van der Waals surface area contributed by atoms with Crippen molar-refractivity contribution in [1.29, 1.82) is 0 Å². The minimum atomic E-state index is -0.00615. The number of nitrogens with one attached hydrogen (secondary N) is 2. The molecule has 6 nitrogen and oxygen atoms in total. The SMILES string of the molecule is CN=C(NCc1cccc(NC(=O)CN(C)C)c1)N1CCC(C)CC1. The van der Waals surface area contributed by atoms with Crippen molar-refractivity contribution in [3.63, 3.8) is 0 Å². The number of piperidine rings is 1. The van der Waals surface area contributed by atoms with E-state index in [1.165, 1.54) is 12.8 Å². The molecule has 0 aliphatic carbocycles. The smallest absolute Gasteiger partial charge is 0.238 e. The average Bonchev–Trinajstić information content (AvgIpc) is 2.56. The van der Waals surface area contributed by atoms with E-state index in [2.05, 4.69) is 33.5 Å². The van der Waals surface area contributed by atoms with Crippen LogP contribution in [0.1, 0.15) is 25.3 Å². The molecule has 0 radical (unpaired) electrons. The standard InChI is InChI=1S/C19H31N5O/c1-15-8-10-24(11-9-15)19(20-2)21-13-16-6-5-7-17(12-16)22-18(25)14-23(3)4/h5-7,12,15H,8-11,13-14H2,1-4H3,(H,20,21)(H,22,25). The second-order valence-electron chi connectivity index (χ2n) is 7.06. The van der Waals surface area contributed by atoms with Gasteiger partial charge in [0.1, 0.15) is 0 Å². The molecule has 0 bridgehead atoms. The minimum absolute atomic E-state index is 0.00615. The Balaban J connectivity index is 1.89. The summed E-state index contributed by atoms with van der Waals surface area (Å²) in [6.45, 7) is 5.49. The summed E-state index contributed by atoms with van der Waals surface area (Å²) >= 11 is 0. The Morgan fingerprint density at radius 2 is 2.04 bits per heavy atom. The number of carbonyl (C=O) groups excluding carboxylic acids is 1. The van der Waals surface area contributed by atoms with Gasteiger partial charge < -0.3 is 20.4 Å². The van der Waals surface area contributed by atoms with E-state index >= 15 is 0 Å². The van der Waals surface area contributed by atoms with Crippen LogP contribution < -0.4 is 10.6 Å². The Morgan fingerprint density at radius 1 is 1.32 bits per heavy atom. The monoisotopic (exact) mass is 345 g/mol. The van der Waals surface area contributed by atoms with Gasteiger partial charge in [-0.1, -0.05) is 19.1 Å². The van der Waals surface area contributed by atoms with Crippen LogP contribution in [0.25, 0.3) is 0 Å². The number of amides is 1. The van der Waals surface area contributed by atoms with Crippen molar-refractivity contribution in [2.24, 2.45) is 10.9 Å². The van der Waals surface area contributed by atoms with Crippen LogP contribution in [0.4, 0.5) is 5.69 Å². The van der Waals surface area contributed by atoms with Gasteiger partial charge in [-0.05, 0) is 50.6 Å². The van der Waals surface area contributed by atoms with Crippen LogP contribution in [-0.2, 0) is 11.3 Å². The van der Waals surface area contributed by atoms with E-state index in [-0.39, 0.29) is 5.91 Å². The fraction of sp³-hybridized carbons (Fsp3) is 0.579. The lowest BCUT2D eigenvalue weighted by Crippen LogP contribution is -2.45. The van der Waals surface area contributed by atoms with Gasteiger partial charge in [-0.2, -0.15) is 0 Å². The molecule has 1 aliphatic rings. The molecule has 25 heavy (non-hydrogen) atoms. The number of carbonyl (C=O) groups is 1. The van der Waals surface area contributed by atoms with Crippen LogP contribution in [0.15, 0.2) is 29.3 Å². The van der Waals surface area contributed by atoms with Crippen LogP contribution in [0.5, 0.6) is 0 Å². The quantitative estimate of drug-likeness (QED) is 0.633.